The number of fused-ring (bicyclic) bond motifs is 1. The molecule has 1 aliphatic carbocycles. The fourth-order valence-electron chi connectivity index (χ4n) is 3.86. The van der Waals surface area contributed by atoms with E-state index in [1.54, 1.807) is 0 Å². The van der Waals surface area contributed by atoms with E-state index in [1.807, 2.05) is 29.2 Å². The number of amides is 1. The number of para-hydroxylation sites is 2. The monoisotopic (exact) mass is 328 g/mol. The molecule has 24 heavy (non-hydrogen) atoms. The topological polar surface area (TPSA) is 72.5 Å². The van der Waals surface area contributed by atoms with Crippen LogP contribution in [0.2, 0.25) is 0 Å². The van der Waals surface area contributed by atoms with Crippen molar-refractivity contribution < 1.29 is 9.90 Å². The maximum Gasteiger partial charge on any atom is 0.225 e. The summed E-state index contributed by atoms with van der Waals surface area (Å²) in [5.74, 6) is 0.960. The van der Waals surface area contributed by atoms with Crippen molar-refractivity contribution >= 4 is 22.9 Å². The first-order valence-corrected chi connectivity index (χ1v) is 8.83. The van der Waals surface area contributed by atoms with E-state index in [1.165, 1.54) is 0 Å². The number of nitrogens with one attached hydrogen (secondary N) is 1. The summed E-state index contributed by atoms with van der Waals surface area (Å²) < 4.78 is 0. The fourth-order valence-corrected chi connectivity index (χ4v) is 3.86. The number of aromatic nitrogens is 2. The molecule has 0 radical (unpaired) electrons. The highest BCUT2D eigenvalue weighted by Gasteiger charge is 2.35. The third-order valence-corrected chi connectivity index (χ3v) is 5.32. The number of H-pyrrole nitrogens is 1. The molecule has 0 unspecified atom stereocenters. The molecular formula is C18H24N4O2. The maximum absolute atomic E-state index is 12.5. The van der Waals surface area contributed by atoms with E-state index in [2.05, 4.69) is 14.9 Å². The molecule has 1 aliphatic heterocycles. The molecule has 2 aliphatic rings. The predicted molar refractivity (Wildman–Crippen MR) is 92.9 cm³/mol. The predicted octanol–water partition coefficient (Wildman–Crippen LogP) is 1.91. The molecule has 0 atom stereocenters. The number of imidazole rings is 1. The van der Waals surface area contributed by atoms with Crippen LogP contribution in [0.5, 0.6) is 0 Å². The molecular weight excluding hydrogens is 304 g/mol. The molecule has 2 aromatic rings. The van der Waals surface area contributed by atoms with Gasteiger partial charge in [0.15, 0.2) is 0 Å². The van der Waals surface area contributed by atoms with Crippen LogP contribution in [0.1, 0.15) is 32.1 Å². The smallest absolute Gasteiger partial charge is 0.225 e. The van der Waals surface area contributed by atoms with Gasteiger partial charge in [0.25, 0.3) is 0 Å². The van der Waals surface area contributed by atoms with Gasteiger partial charge in [0.05, 0.1) is 23.1 Å². The molecule has 1 aromatic heterocycles. The second kappa shape index (κ2) is 6.09. The third kappa shape index (κ3) is 2.98. The van der Waals surface area contributed by atoms with E-state index in [0.717, 1.165) is 55.8 Å². The van der Waals surface area contributed by atoms with Gasteiger partial charge >= 0.3 is 0 Å². The van der Waals surface area contributed by atoms with Gasteiger partial charge in [0.1, 0.15) is 0 Å². The molecule has 1 saturated heterocycles. The van der Waals surface area contributed by atoms with Crippen molar-refractivity contribution in [3.8, 4) is 0 Å². The summed E-state index contributed by atoms with van der Waals surface area (Å²) >= 11 is 0. The third-order valence-electron chi connectivity index (χ3n) is 5.32. The summed E-state index contributed by atoms with van der Waals surface area (Å²) in [6, 6.07) is 8.00. The SMILES string of the molecule is O=C(CC1(O)CCCC1)N1CCN(c2nc3ccccc3[nH]2)CC1. The Hall–Kier alpha value is -2.08. The lowest BCUT2D eigenvalue weighted by Gasteiger charge is -2.36. The second-order valence-corrected chi connectivity index (χ2v) is 7.05. The lowest BCUT2D eigenvalue weighted by atomic mass is 9.97. The van der Waals surface area contributed by atoms with Gasteiger partial charge in [-0.1, -0.05) is 25.0 Å². The van der Waals surface area contributed by atoms with Crippen molar-refractivity contribution in [3.05, 3.63) is 24.3 Å². The van der Waals surface area contributed by atoms with Crippen LogP contribution in [-0.2, 0) is 4.79 Å². The molecule has 6 heteroatoms. The Labute approximate surface area is 141 Å². The van der Waals surface area contributed by atoms with Gasteiger partial charge in [-0.3, -0.25) is 4.79 Å². The minimum absolute atomic E-state index is 0.0867. The largest absolute Gasteiger partial charge is 0.389 e. The van der Waals surface area contributed by atoms with Crippen LogP contribution in [0.3, 0.4) is 0 Å². The first-order valence-electron chi connectivity index (χ1n) is 8.83. The average Bonchev–Trinajstić information content (AvgIpc) is 3.21. The van der Waals surface area contributed by atoms with Crippen molar-refractivity contribution in [1.29, 1.82) is 0 Å². The zero-order valence-electron chi connectivity index (χ0n) is 13.9. The van der Waals surface area contributed by atoms with Gasteiger partial charge in [0.2, 0.25) is 11.9 Å². The van der Waals surface area contributed by atoms with Crippen molar-refractivity contribution in [2.45, 2.75) is 37.7 Å². The van der Waals surface area contributed by atoms with Crippen LogP contribution >= 0.6 is 0 Å². The number of aromatic amines is 1. The number of piperazine rings is 1. The summed E-state index contributed by atoms with van der Waals surface area (Å²) in [6.45, 7) is 2.91. The van der Waals surface area contributed by atoms with Gasteiger partial charge in [-0.15, -0.1) is 0 Å². The van der Waals surface area contributed by atoms with Crippen LogP contribution in [-0.4, -0.2) is 57.7 Å². The van der Waals surface area contributed by atoms with E-state index < -0.39 is 5.60 Å². The number of benzene rings is 1. The highest BCUT2D eigenvalue weighted by atomic mass is 16.3. The quantitative estimate of drug-likeness (QED) is 0.903. The molecule has 2 N–H and O–H groups in total. The molecule has 1 aromatic carbocycles. The summed E-state index contributed by atoms with van der Waals surface area (Å²) in [4.78, 5) is 24.5. The summed E-state index contributed by atoms with van der Waals surface area (Å²) in [5, 5.41) is 10.4. The number of anilines is 1. The van der Waals surface area contributed by atoms with E-state index >= 15 is 0 Å². The van der Waals surface area contributed by atoms with Gasteiger partial charge in [-0.2, -0.15) is 0 Å². The molecule has 0 bridgehead atoms. The molecule has 2 heterocycles. The fraction of sp³-hybridized carbons (Fsp3) is 0.556. The standard InChI is InChI=1S/C18H24N4O2/c23-16(13-18(24)7-3-4-8-18)21-9-11-22(12-10-21)17-19-14-5-1-2-6-15(14)20-17/h1-2,5-6,24H,3-4,7-13H2,(H,19,20). The van der Waals surface area contributed by atoms with E-state index in [-0.39, 0.29) is 12.3 Å². The molecule has 128 valence electrons. The van der Waals surface area contributed by atoms with Crippen LogP contribution in [0.25, 0.3) is 11.0 Å². The zero-order chi connectivity index (χ0) is 16.6. The number of hydrogen-bond donors (Lipinski definition) is 2. The maximum atomic E-state index is 12.5. The summed E-state index contributed by atoms with van der Waals surface area (Å²) in [7, 11) is 0. The Morgan fingerprint density at radius 1 is 1.17 bits per heavy atom. The summed E-state index contributed by atoms with van der Waals surface area (Å²) in [5.41, 5.74) is 1.25. The highest BCUT2D eigenvalue weighted by molar-refractivity contribution is 5.78. The molecule has 2 fully saturated rings. The molecule has 0 spiro atoms. The Balaban J connectivity index is 1.36. The van der Waals surface area contributed by atoms with Gasteiger partial charge in [-0.25, -0.2) is 4.98 Å². The van der Waals surface area contributed by atoms with Crippen LogP contribution in [0.4, 0.5) is 5.95 Å². The minimum Gasteiger partial charge on any atom is -0.389 e. The van der Waals surface area contributed by atoms with E-state index in [9.17, 15) is 9.90 Å². The van der Waals surface area contributed by atoms with E-state index in [4.69, 9.17) is 0 Å². The lowest BCUT2D eigenvalue weighted by Crippen LogP contribution is -2.50. The first-order chi connectivity index (χ1) is 11.6. The Kier molecular flexibility index (Phi) is 3.92. The number of carbonyl (C=O) groups excluding carboxylic acids is 1. The summed E-state index contributed by atoms with van der Waals surface area (Å²) in [6.07, 6.45) is 3.86. The van der Waals surface area contributed by atoms with Crippen LogP contribution in [0.15, 0.2) is 24.3 Å². The van der Waals surface area contributed by atoms with Gasteiger partial charge in [0, 0.05) is 26.2 Å². The van der Waals surface area contributed by atoms with Crippen LogP contribution < -0.4 is 4.90 Å². The Morgan fingerprint density at radius 2 is 1.88 bits per heavy atom. The van der Waals surface area contributed by atoms with Crippen molar-refractivity contribution in [3.63, 3.8) is 0 Å². The number of aliphatic hydroxyl groups is 1. The number of carbonyl (C=O) groups is 1. The molecule has 1 saturated carbocycles. The Bertz CT molecular complexity index is 694. The van der Waals surface area contributed by atoms with Gasteiger partial charge in [-0.05, 0) is 25.0 Å². The lowest BCUT2D eigenvalue weighted by molar-refractivity contribution is -0.136. The number of nitrogens with zero attached hydrogens (tertiary/aromatic N) is 3. The molecule has 1 amide bonds. The minimum atomic E-state index is -0.757. The van der Waals surface area contributed by atoms with Crippen molar-refractivity contribution in [2.75, 3.05) is 31.1 Å². The van der Waals surface area contributed by atoms with Gasteiger partial charge < -0.3 is 19.9 Å². The number of rotatable bonds is 3. The van der Waals surface area contributed by atoms with Crippen molar-refractivity contribution in [1.82, 2.24) is 14.9 Å². The average molecular weight is 328 g/mol. The van der Waals surface area contributed by atoms with Crippen molar-refractivity contribution in [2.24, 2.45) is 0 Å². The molecule has 4 rings (SSSR count). The second-order valence-electron chi connectivity index (χ2n) is 7.05. The highest BCUT2D eigenvalue weighted by Crippen LogP contribution is 2.33. The van der Waals surface area contributed by atoms with Crippen LogP contribution in [0, 0.1) is 0 Å². The van der Waals surface area contributed by atoms with E-state index in [0.29, 0.717) is 13.1 Å². The Morgan fingerprint density at radius 3 is 2.58 bits per heavy atom. The zero-order valence-corrected chi connectivity index (χ0v) is 13.9. The number of hydrogen-bond acceptors (Lipinski definition) is 4. The first kappa shape index (κ1) is 15.4. The molecule has 6 nitrogen and oxygen atoms in total. The normalized spacial score (nSPS) is 20.7.